The molecule has 1 unspecified atom stereocenters. The van der Waals surface area contributed by atoms with Crippen LogP contribution < -0.4 is 5.32 Å². The summed E-state index contributed by atoms with van der Waals surface area (Å²) >= 11 is 0. The van der Waals surface area contributed by atoms with Crippen LogP contribution in [0.4, 0.5) is 0 Å². The summed E-state index contributed by atoms with van der Waals surface area (Å²) in [6.07, 6.45) is 3.79. The summed E-state index contributed by atoms with van der Waals surface area (Å²) in [5.41, 5.74) is 1.53. The van der Waals surface area contributed by atoms with Crippen molar-refractivity contribution in [1.29, 1.82) is 0 Å². The molecular formula is C10H17N3O. The Labute approximate surface area is 84.0 Å². The molecule has 2 rings (SSSR count). The summed E-state index contributed by atoms with van der Waals surface area (Å²) in [4.78, 5) is 0. The third kappa shape index (κ3) is 1.96. The predicted octanol–water partition coefficient (Wildman–Crippen LogP) is 1.10. The van der Waals surface area contributed by atoms with Gasteiger partial charge >= 0.3 is 0 Å². The lowest BCUT2D eigenvalue weighted by Gasteiger charge is -2.38. The van der Waals surface area contributed by atoms with E-state index >= 15 is 0 Å². The molecule has 1 saturated heterocycles. The van der Waals surface area contributed by atoms with E-state index in [1.807, 2.05) is 12.4 Å². The number of hydrogen-bond acceptors (Lipinski definition) is 3. The Hall–Kier alpha value is -0.870. The molecule has 1 aromatic heterocycles. The molecule has 14 heavy (non-hydrogen) atoms. The fourth-order valence-corrected chi connectivity index (χ4v) is 1.57. The molecule has 0 radical (unpaired) electrons. The lowest BCUT2D eigenvalue weighted by Crippen LogP contribution is -2.47. The molecule has 4 heteroatoms. The standard InChI is InChI=1S/C10H17N3O/c1-8(9-3-12-13-4-9)11-5-10(2)6-14-7-10/h3-4,8,11H,5-7H2,1-2H3,(H,12,13). The second kappa shape index (κ2) is 3.71. The van der Waals surface area contributed by atoms with Crippen molar-refractivity contribution in [2.45, 2.75) is 19.9 Å². The molecule has 0 aromatic carbocycles. The van der Waals surface area contributed by atoms with Gasteiger partial charge in [0.05, 0.1) is 19.4 Å². The molecule has 0 aliphatic carbocycles. The van der Waals surface area contributed by atoms with Gasteiger partial charge in [-0.2, -0.15) is 5.10 Å². The Morgan fingerprint density at radius 3 is 3.00 bits per heavy atom. The van der Waals surface area contributed by atoms with Gasteiger partial charge in [0.1, 0.15) is 0 Å². The van der Waals surface area contributed by atoms with Crippen LogP contribution in [0.15, 0.2) is 12.4 Å². The molecule has 1 aliphatic heterocycles. The lowest BCUT2D eigenvalue weighted by molar-refractivity contribution is -0.0999. The monoisotopic (exact) mass is 195 g/mol. The maximum atomic E-state index is 5.20. The highest BCUT2D eigenvalue weighted by Gasteiger charge is 2.33. The Morgan fingerprint density at radius 1 is 1.71 bits per heavy atom. The molecule has 1 aliphatic rings. The van der Waals surface area contributed by atoms with Crippen molar-refractivity contribution in [2.24, 2.45) is 5.41 Å². The topological polar surface area (TPSA) is 49.9 Å². The Morgan fingerprint density at radius 2 is 2.50 bits per heavy atom. The SMILES string of the molecule is CC(NCC1(C)COC1)c1cn[nH]c1. The quantitative estimate of drug-likeness (QED) is 0.756. The lowest BCUT2D eigenvalue weighted by atomic mass is 9.88. The van der Waals surface area contributed by atoms with Crippen LogP contribution in [0.3, 0.4) is 0 Å². The van der Waals surface area contributed by atoms with Gasteiger partial charge in [-0.15, -0.1) is 0 Å². The zero-order chi connectivity index (χ0) is 10.0. The number of nitrogens with zero attached hydrogens (tertiary/aromatic N) is 1. The number of aromatic nitrogens is 2. The fourth-order valence-electron chi connectivity index (χ4n) is 1.57. The summed E-state index contributed by atoms with van der Waals surface area (Å²) < 4.78 is 5.20. The van der Waals surface area contributed by atoms with Gasteiger partial charge in [0.25, 0.3) is 0 Å². The molecule has 0 saturated carbocycles. The van der Waals surface area contributed by atoms with Gasteiger partial charge in [0.15, 0.2) is 0 Å². The van der Waals surface area contributed by atoms with E-state index in [4.69, 9.17) is 4.74 Å². The fraction of sp³-hybridized carbons (Fsp3) is 0.700. The Kier molecular flexibility index (Phi) is 2.56. The maximum Gasteiger partial charge on any atom is 0.0554 e. The van der Waals surface area contributed by atoms with Gasteiger partial charge in [0.2, 0.25) is 0 Å². The number of aromatic amines is 1. The number of hydrogen-bond donors (Lipinski definition) is 2. The first-order valence-electron chi connectivity index (χ1n) is 4.99. The summed E-state index contributed by atoms with van der Waals surface area (Å²) in [6.45, 7) is 7.13. The molecule has 1 atom stereocenters. The first-order chi connectivity index (χ1) is 6.70. The smallest absolute Gasteiger partial charge is 0.0554 e. The van der Waals surface area contributed by atoms with Crippen molar-refractivity contribution in [3.05, 3.63) is 18.0 Å². The van der Waals surface area contributed by atoms with Crippen molar-refractivity contribution in [3.8, 4) is 0 Å². The van der Waals surface area contributed by atoms with Crippen LogP contribution in [0.25, 0.3) is 0 Å². The van der Waals surface area contributed by atoms with Gasteiger partial charge in [-0.05, 0) is 6.92 Å². The van der Waals surface area contributed by atoms with Gasteiger partial charge in [-0.25, -0.2) is 0 Å². The molecule has 0 amide bonds. The molecule has 2 N–H and O–H groups in total. The van der Waals surface area contributed by atoms with Gasteiger partial charge in [0, 0.05) is 29.8 Å². The molecule has 1 fully saturated rings. The highest BCUT2D eigenvalue weighted by molar-refractivity contribution is 5.08. The second-order valence-electron chi connectivity index (χ2n) is 4.44. The molecule has 0 bridgehead atoms. The molecular weight excluding hydrogens is 178 g/mol. The van der Waals surface area contributed by atoms with E-state index in [1.165, 1.54) is 5.56 Å². The third-order valence-electron chi connectivity index (χ3n) is 2.76. The summed E-state index contributed by atoms with van der Waals surface area (Å²) in [6, 6.07) is 0.353. The van der Waals surface area contributed by atoms with E-state index in [2.05, 4.69) is 29.4 Å². The van der Waals surface area contributed by atoms with Crippen LogP contribution in [0.1, 0.15) is 25.5 Å². The van der Waals surface area contributed by atoms with Gasteiger partial charge in [-0.3, -0.25) is 5.10 Å². The largest absolute Gasteiger partial charge is 0.380 e. The summed E-state index contributed by atoms with van der Waals surface area (Å²) in [5, 5.41) is 10.2. The van der Waals surface area contributed by atoms with Crippen LogP contribution in [-0.2, 0) is 4.74 Å². The van der Waals surface area contributed by atoms with E-state index in [0.29, 0.717) is 11.5 Å². The van der Waals surface area contributed by atoms with E-state index in [9.17, 15) is 0 Å². The normalized spacial score (nSPS) is 21.6. The first-order valence-corrected chi connectivity index (χ1v) is 4.99. The Balaban J connectivity index is 1.80. The van der Waals surface area contributed by atoms with Crippen LogP contribution in [0.5, 0.6) is 0 Å². The maximum absolute atomic E-state index is 5.20. The number of H-pyrrole nitrogens is 1. The van der Waals surface area contributed by atoms with Crippen molar-refractivity contribution in [1.82, 2.24) is 15.5 Å². The van der Waals surface area contributed by atoms with Crippen molar-refractivity contribution in [3.63, 3.8) is 0 Å². The van der Waals surface area contributed by atoms with E-state index < -0.39 is 0 Å². The molecule has 2 heterocycles. The van der Waals surface area contributed by atoms with Gasteiger partial charge < -0.3 is 10.1 Å². The average Bonchev–Trinajstić information content (AvgIpc) is 2.63. The second-order valence-corrected chi connectivity index (χ2v) is 4.44. The Bertz CT molecular complexity index is 280. The molecule has 4 nitrogen and oxygen atoms in total. The highest BCUT2D eigenvalue weighted by Crippen LogP contribution is 2.26. The predicted molar refractivity (Wildman–Crippen MR) is 53.9 cm³/mol. The molecule has 78 valence electrons. The van der Waals surface area contributed by atoms with Crippen molar-refractivity contribution >= 4 is 0 Å². The summed E-state index contributed by atoms with van der Waals surface area (Å²) in [7, 11) is 0. The van der Waals surface area contributed by atoms with Crippen LogP contribution in [0, 0.1) is 5.41 Å². The van der Waals surface area contributed by atoms with Crippen molar-refractivity contribution < 1.29 is 4.74 Å². The van der Waals surface area contributed by atoms with Crippen LogP contribution in [0.2, 0.25) is 0 Å². The first kappa shape index (κ1) is 9.68. The number of ether oxygens (including phenoxy) is 1. The van der Waals surface area contributed by atoms with Crippen LogP contribution in [-0.4, -0.2) is 30.0 Å². The number of nitrogens with one attached hydrogen (secondary N) is 2. The molecule has 0 spiro atoms. The zero-order valence-electron chi connectivity index (χ0n) is 8.71. The van der Waals surface area contributed by atoms with Crippen molar-refractivity contribution in [2.75, 3.05) is 19.8 Å². The number of rotatable bonds is 4. The van der Waals surface area contributed by atoms with Crippen LogP contribution >= 0.6 is 0 Å². The third-order valence-corrected chi connectivity index (χ3v) is 2.76. The highest BCUT2D eigenvalue weighted by atomic mass is 16.5. The minimum absolute atomic E-state index is 0.331. The zero-order valence-corrected chi connectivity index (χ0v) is 8.71. The van der Waals surface area contributed by atoms with Gasteiger partial charge in [-0.1, -0.05) is 6.92 Å². The summed E-state index contributed by atoms with van der Waals surface area (Å²) in [5.74, 6) is 0. The van der Waals surface area contributed by atoms with E-state index in [-0.39, 0.29) is 0 Å². The molecule has 1 aromatic rings. The van der Waals surface area contributed by atoms with E-state index in [1.54, 1.807) is 0 Å². The average molecular weight is 195 g/mol. The minimum Gasteiger partial charge on any atom is -0.380 e. The van der Waals surface area contributed by atoms with E-state index in [0.717, 1.165) is 19.8 Å². The minimum atomic E-state index is 0.331.